The molecule has 0 saturated carbocycles. The molecule has 0 fully saturated rings. The van der Waals surface area contributed by atoms with Gasteiger partial charge in [-0.05, 0) is 30.3 Å². The first-order valence-corrected chi connectivity index (χ1v) is 8.63. The quantitative estimate of drug-likeness (QED) is 0.279. The smallest absolute Gasteiger partial charge is 0.302 e. The first-order chi connectivity index (χ1) is 13.8. The highest BCUT2D eigenvalue weighted by molar-refractivity contribution is 5.96. The highest BCUT2D eigenvalue weighted by atomic mass is 16.5. The predicted octanol–water partition coefficient (Wildman–Crippen LogP) is 1.74. The van der Waals surface area contributed by atoms with Crippen LogP contribution in [0.25, 0.3) is 0 Å². The number of hydrogen-bond acceptors (Lipinski definition) is 8. The molecule has 29 heavy (non-hydrogen) atoms. The van der Waals surface area contributed by atoms with Gasteiger partial charge in [0.05, 0.1) is 6.21 Å². The zero-order valence-corrected chi connectivity index (χ0v) is 16.1. The molecule has 0 aliphatic heterocycles. The molecule has 9 nitrogen and oxygen atoms in total. The van der Waals surface area contributed by atoms with Gasteiger partial charge in [-0.15, -0.1) is 0 Å². The number of esters is 2. The second-order valence-corrected chi connectivity index (χ2v) is 6.13. The van der Waals surface area contributed by atoms with Crippen LogP contribution in [0.5, 0.6) is 0 Å². The van der Waals surface area contributed by atoms with Gasteiger partial charge in [-0.25, -0.2) is 5.43 Å². The Morgan fingerprint density at radius 3 is 2.10 bits per heavy atom. The molecule has 0 aromatic heterocycles. The fourth-order valence-electron chi connectivity index (χ4n) is 2.41. The molecule has 9 heteroatoms. The van der Waals surface area contributed by atoms with E-state index in [4.69, 9.17) is 20.9 Å². The van der Waals surface area contributed by atoms with E-state index in [0.717, 1.165) is 0 Å². The molecule has 0 bridgehead atoms. The molecule has 0 saturated heterocycles. The number of ether oxygens (including phenoxy) is 2. The molecule has 5 N–H and O–H groups in total. The molecule has 2 aromatic rings. The summed E-state index contributed by atoms with van der Waals surface area (Å²) < 4.78 is 9.95. The lowest BCUT2D eigenvalue weighted by molar-refractivity contribution is -0.143. The van der Waals surface area contributed by atoms with Gasteiger partial charge in [0, 0.05) is 47.5 Å². The Morgan fingerprint density at radius 2 is 1.48 bits per heavy atom. The Bertz CT molecular complexity index is 956. The number of rotatable bonds is 7. The topological polar surface area (TPSA) is 146 Å². The molecular weight excluding hydrogens is 376 g/mol. The third kappa shape index (κ3) is 6.65. The van der Waals surface area contributed by atoms with Crippen molar-refractivity contribution in [1.82, 2.24) is 5.43 Å². The van der Waals surface area contributed by atoms with Crippen LogP contribution < -0.4 is 16.9 Å². The van der Waals surface area contributed by atoms with Crippen LogP contribution in [-0.2, 0) is 32.3 Å². The number of nitrogens with zero attached hydrogens (tertiary/aromatic N) is 1. The van der Waals surface area contributed by atoms with E-state index >= 15 is 0 Å². The van der Waals surface area contributed by atoms with Crippen LogP contribution >= 0.6 is 0 Å². The normalized spacial score (nSPS) is 10.6. The van der Waals surface area contributed by atoms with Gasteiger partial charge in [-0.2, -0.15) is 5.10 Å². The monoisotopic (exact) mass is 398 g/mol. The molecule has 0 aliphatic rings. The summed E-state index contributed by atoms with van der Waals surface area (Å²) in [6.07, 6.45) is 1.42. The lowest BCUT2D eigenvalue weighted by Crippen LogP contribution is -2.20. The largest absolute Gasteiger partial charge is 0.461 e. The lowest BCUT2D eigenvalue weighted by atomic mass is 10.1. The summed E-state index contributed by atoms with van der Waals surface area (Å²) in [4.78, 5) is 34.6. The molecular formula is C20H22N4O5. The number of benzene rings is 2. The first kappa shape index (κ1) is 21.4. The maximum atomic E-state index is 12.5. The molecule has 0 heterocycles. The molecule has 0 radical (unpaired) electrons. The highest BCUT2D eigenvalue weighted by Crippen LogP contribution is 2.16. The van der Waals surface area contributed by atoms with Crippen molar-refractivity contribution in [3.8, 4) is 0 Å². The number of hydrazone groups is 1. The second kappa shape index (κ2) is 9.88. The molecule has 0 unspecified atom stereocenters. The van der Waals surface area contributed by atoms with Gasteiger partial charge in [-0.1, -0.05) is 6.07 Å². The molecule has 2 aromatic carbocycles. The Hall–Kier alpha value is -3.88. The Balaban J connectivity index is 2.14. The van der Waals surface area contributed by atoms with Gasteiger partial charge in [0.15, 0.2) is 0 Å². The summed E-state index contributed by atoms with van der Waals surface area (Å²) in [7, 11) is 0. The van der Waals surface area contributed by atoms with Gasteiger partial charge in [0.1, 0.15) is 13.2 Å². The number of nitrogens with one attached hydrogen (secondary N) is 1. The van der Waals surface area contributed by atoms with Crippen molar-refractivity contribution >= 4 is 35.4 Å². The van der Waals surface area contributed by atoms with Crippen LogP contribution in [0.1, 0.15) is 40.9 Å². The molecule has 2 rings (SSSR count). The van der Waals surface area contributed by atoms with Crippen LogP contribution in [0.3, 0.4) is 0 Å². The summed E-state index contributed by atoms with van der Waals surface area (Å²) >= 11 is 0. The zero-order valence-electron chi connectivity index (χ0n) is 16.1. The zero-order chi connectivity index (χ0) is 21.4. The first-order valence-electron chi connectivity index (χ1n) is 8.63. The highest BCUT2D eigenvalue weighted by Gasteiger charge is 2.12. The number of nitrogens with two attached hydrogens (primary N) is 2. The minimum Gasteiger partial charge on any atom is -0.461 e. The lowest BCUT2D eigenvalue weighted by Gasteiger charge is -2.10. The number of anilines is 2. The standard InChI is InChI=1S/C20H22N4O5/c1-12(25)28-10-15-7-17(21)4-3-14(15)9-23-24-20(27)19-6-5-18(22)8-16(19)11-29-13(2)26/h3-9H,10-11,21-22H2,1-2H3,(H,24,27)/b23-9+. The van der Waals surface area contributed by atoms with Crippen LogP contribution in [0.15, 0.2) is 41.5 Å². The van der Waals surface area contributed by atoms with Crippen molar-refractivity contribution in [3.63, 3.8) is 0 Å². The Morgan fingerprint density at radius 1 is 0.931 bits per heavy atom. The number of amides is 1. The van der Waals surface area contributed by atoms with E-state index in [1.54, 1.807) is 30.3 Å². The maximum Gasteiger partial charge on any atom is 0.302 e. The fraction of sp³-hybridized carbons (Fsp3) is 0.200. The van der Waals surface area contributed by atoms with E-state index in [9.17, 15) is 14.4 Å². The third-order valence-corrected chi connectivity index (χ3v) is 3.77. The minimum atomic E-state index is -0.500. The second-order valence-electron chi connectivity index (χ2n) is 6.13. The van der Waals surface area contributed by atoms with E-state index in [-0.39, 0.29) is 18.8 Å². The van der Waals surface area contributed by atoms with E-state index in [2.05, 4.69) is 10.5 Å². The fourth-order valence-corrected chi connectivity index (χ4v) is 2.41. The Labute approximate surface area is 167 Å². The van der Waals surface area contributed by atoms with Gasteiger partial charge in [0.2, 0.25) is 0 Å². The van der Waals surface area contributed by atoms with Crippen LogP contribution in [-0.4, -0.2) is 24.1 Å². The van der Waals surface area contributed by atoms with Crippen molar-refractivity contribution in [2.45, 2.75) is 27.1 Å². The summed E-state index contributed by atoms with van der Waals surface area (Å²) in [5, 5.41) is 3.95. The van der Waals surface area contributed by atoms with Gasteiger partial charge < -0.3 is 20.9 Å². The number of nitrogen functional groups attached to an aromatic ring is 2. The van der Waals surface area contributed by atoms with Gasteiger partial charge in [0.25, 0.3) is 5.91 Å². The van der Waals surface area contributed by atoms with Crippen molar-refractivity contribution in [3.05, 3.63) is 58.7 Å². The number of hydrogen-bond donors (Lipinski definition) is 3. The Kier molecular flexibility index (Phi) is 7.30. The predicted molar refractivity (Wildman–Crippen MR) is 108 cm³/mol. The molecule has 0 aliphatic carbocycles. The number of carbonyl (C=O) groups excluding carboxylic acids is 3. The molecule has 152 valence electrons. The summed E-state index contributed by atoms with van der Waals surface area (Å²) in [5.74, 6) is -1.40. The van der Waals surface area contributed by atoms with E-state index in [0.29, 0.717) is 28.1 Å². The molecule has 0 spiro atoms. The minimum absolute atomic E-state index is 0.0279. The van der Waals surface area contributed by atoms with Crippen LogP contribution in [0, 0.1) is 0 Å². The van der Waals surface area contributed by atoms with Crippen LogP contribution in [0.4, 0.5) is 11.4 Å². The summed E-state index contributed by atoms with van der Waals surface area (Å²) in [6.45, 7) is 2.52. The maximum absolute atomic E-state index is 12.5. The summed E-state index contributed by atoms with van der Waals surface area (Å²) in [5.41, 5.74) is 16.8. The van der Waals surface area contributed by atoms with Gasteiger partial charge >= 0.3 is 11.9 Å². The van der Waals surface area contributed by atoms with Crippen molar-refractivity contribution in [1.29, 1.82) is 0 Å². The summed E-state index contributed by atoms with van der Waals surface area (Å²) in [6, 6.07) is 9.65. The van der Waals surface area contributed by atoms with E-state index < -0.39 is 17.8 Å². The third-order valence-electron chi connectivity index (χ3n) is 3.77. The van der Waals surface area contributed by atoms with E-state index in [1.165, 1.54) is 26.1 Å². The van der Waals surface area contributed by atoms with Crippen LogP contribution in [0.2, 0.25) is 0 Å². The average molecular weight is 398 g/mol. The van der Waals surface area contributed by atoms with Crippen molar-refractivity contribution < 1.29 is 23.9 Å². The van der Waals surface area contributed by atoms with Crippen molar-refractivity contribution in [2.75, 3.05) is 11.5 Å². The van der Waals surface area contributed by atoms with Crippen molar-refractivity contribution in [2.24, 2.45) is 5.10 Å². The van der Waals surface area contributed by atoms with Gasteiger partial charge in [-0.3, -0.25) is 14.4 Å². The molecule has 0 atom stereocenters. The number of carbonyl (C=O) groups is 3. The average Bonchev–Trinajstić information content (AvgIpc) is 2.66. The van der Waals surface area contributed by atoms with E-state index in [1.807, 2.05) is 0 Å². The SMILES string of the molecule is CC(=O)OCc1cc(N)ccc1/C=N/NC(=O)c1ccc(N)cc1COC(C)=O. The molecule has 1 amide bonds.